The van der Waals surface area contributed by atoms with Crippen molar-refractivity contribution in [1.82, 2.24) is 5.32 Å². The van der Waals surface area contributed by atoms with Gasteiger partial charge in [0, 0.05) is 17.7 Å². The van der Waals surface area contributed by atoms with E-state index in [9.17, 15) is 15.0 Å². The second kappa shape index (κ2) is 5.27. The largest absolute Gasteiger partial charge is 0.507 e. The first kappa shape index (κ1) is 12.7. The molecular weight excluding hydrogens is 234 g/mol. The number of carbonyl (C=O) groups excluding carboxylic acids is 1. The van der Waals surface area contributed by atoms with Crippen molar-refractivity contribution in [2.75, 3.05) is 13.7 Å². The fraction of sp³-hybridized carbons (Fsp3) is 0.462. The molecule has 0 aliphatic carbocycles. The molecule has 3 N–H and O–H groups in total. The van der Waals surface area contributed by atoms with E-state index in [0.717, 1.165) is 25.8 Å². The second-order valence-corrected chi connectivity index (χ2v) is 4.42. The molecule has 0 saturated carbocycles. The molecule has 0 bridgehead atoms. The summed E-state index contributed by atoms with van der Waals surface area (Å²) in [5.74, 6) is -0.872. The van der Waals surface area contributed by atoms with E-state index in [1.54, 1.807) is 0 Å². The quantitative estimate of drug-likeness (QED) is 0.697. The Morgan fingerprint density at radius 3 is 2.72 bits per heavy atom. The van der Waals surface area contributed by atoms with Crippen LogP contribution < -0.4 is 5.32 Å². The van der Waals surface area contributed by atoms with Crippen LogP contribution in [0.1, 0.15) is 41.2 Å². The van der Waals surface area contributed by atoms with Crippen molar-refractivity contribution in [3.05, 3.63) is 23.3 Å². The molecule has 2 rings (SSSR count). The van der Waals surface area contributed by atoms with Crippen LogP contribution in [0, 0.1) is 0 Å². The predicted octanol–water partition coefficient (Wildman–Crippen LogP) is 1.70. The maximum Gasteiger partial charge on any atom is 0.341 e. The van der Waals surface area contributed by atoms with Crippen LogP contribution in [-0.4, -0.2) is 29.8 Å². The van der Waals surface area contributed by atoms with Crippen LogP contribution in [0.15, 0.2) is 12.1 Å². The maximum absolute atomic E-state index is 11.5. The van der Waals surface area contributed by atoms with Gasteiger partial charge in [0.05, 0.1) is 7.11 Å². The first-order valence-electron chi connectivity index (χ1n) is 6.01. The second-order valence-electron chi connectivity index (χ2n) is 4.42. The summed E-state index contributed by atoms with van der Waals surface area (Å²) in [7, 11) is 1.26. The van der Waals surface area contributed by atoms with Gasteiger partial charge in [-0.2, -0.15) is 0 Å². The number of hydrogen-bond acceptors (Lipinski definition) is 5. The monoisotopic (exact) mass is 251 g/mol. The summed E-state index contributed by atoms with van der Waals surface area (Å²) >= 11 is 0. The maximum atomic E-state index is 11.5. The van der Waals surface area contributed by atoms with Crippen molar-refractivity contribution in [2.45, 2.75) is 25.3 Å². The summed E-state index contributed by atoms with van der Waals surface area (Å²) in [6, 6.07) is 2.71. The van der Waals surface area contributed by atoms with E-state index in [0.29, 0.717) is 5.56 Å². The van der Waals surface area contributed by atoms with Crippen LogP contribution in [0.4, 0.5) is 0 Å². The minimum absolute atomic E-state index is 0.000414. The van der Waals surface area contributed by atoms with Crippen molar-refractivity contribution in [3.63, 3.8) is 0 Å². The van der Waals surface area contributed by atoms with Crippen LogP contribution >= 0.6 is 0 Å². The molecule has 0 aromatic heterocycles. The average molecular weight is 251 g/mol. The lowest BCUT2D eigenvalue weighted by molar-refractivity contribution is 0.0597. The smallest absolute Gasteiger partial charge is 0.341 e. The van der Waals surface area contributed by atoms with E-state index in [1.165, 1.54) is 19.2 Å². The third-order valence-corrected chi connectivity index (χ3v) is 3.24. The molecule has 1 saturated heterocycles. The number of aromatic hydroxyl groups is 2. The number of phenols is 2. The molecule has 1 unspecified atom stereocenters. The number of rotatable bonds is 2. The number of esters is 1. The zero-order valence-electron chi connectivity index (χ0n) is 10.3. The molecule has 5 nitrogen and oxygen atoms in total. The zero-order valence-corrected chi connectivity index (χ0v) is 10.3. The summed E-state index contributed by atoms with van der Waals surface area (Å²) in [5.41, 5.74) is 0.713. The summed E-state index contributed by atoms with van der Waals surface area (Å²) in [6.07, 6.45) is 3.09. The van der Waals surface area contributed by atoms with Crippen molar-refractivity contribution >= 4 is 5.97 Å². The van der Waals surface area contributed by atoms with E-state index in [-0.39, 0.29) is 23.1 Å². The van der Waals surface area contributed by atoms with Crippen LogP contribution in [0.2, 0.25) is 0 Å². The van der Waals surface area contributed by atoms with E-state index in [4.69, 9.17) is 0 Å². The molecule has 18 heavy (non-hydrogen) atoms. The molecule has 1 fully saturated rings. The number of hydrogen-bond donors (Lipinski definition) is 3. The van der Waals surface area contributed by atoms with Gasteiger partial charge in [0.15, 0.2) is 0 Å². The number of piperidine rings is 1. The molecule has 1 heterocycles. The highest BCUT2D eigenvalue weighted by Gasteiger charge is 2.22. The molecule has 1 atom stereocenters. The van der Waals surface area contributed by atoms with Crippen molar-refractivity contribution in [3.8, 4) is 11.5 Å². The number of nitrogens with one attached hydrogen (secondary N) is 1. The van der Waals surface area contributed by atoms with Gasteiger partial charge in [-0.15, -0.1) is 0 Å². The van der Waals surface area contributed by atoms with E-state index >= 15 is 0 Å². The average Bonchev–Trinajstić information content (AvgIpc) is 2.39. The lowest BCUT2D eigenvalue weighted by atomic mass is 9.95. The predicted molar refractivity (Wildman–Crippen MR) is 65.7 cm³/mol. The number of ether oxygens (including phenoxy) is 1. The standard InChI is InChI=1S/C13H17NO4/c1-18-13(17)9-6-8(11(15)7-12(9)16)10-4-2-3-5-14-10/h6-7,10,14-16H,2-5H2,1H3. The number of methoxy groups -OCH3 is 1. The fourth-order valence-corrected chi connectivity index (χ4v) is 2.26. The van der Waals surface area contributed by atoms with E-state index in [2.05, 4.69) is 10.1 Å². The SMILES string of the molecule is COC(=O)c1cc(C2CCCCN2)c(O)cc1O. The first-order chi connectivity index (χ1) is 8.63. The van der Waals surface area contributed by atoms with Gasteiger partial charge in [-0.25, -0.2) is 4.79 Å². The molecule has 1 aromatic carbocycles. The van der Waals surface area contributed by atoms with Gasteiger partial charge in [-0.3, -0.25) is 0 Å². The van der Waals surface area contributed by atoms with Crippen LogP contribution in [0.5, 0.6) is 11.5 Å². The zero-order chi connectivity index (χ0) is 13.1. The van der Waals surface area contributed by atoms with Crippen molar-refractivity contribution in [1.29, 1.82) is 0 Å². The molecule has 0 spiro atoms. The Kier molecular flexibility index (Phi) is 3.72. The Hall–Kier alpha value is -1.75. The van der Waals surface area contributed by atoms with Gasteiger partial charge in [-0.1, -0.05) is 6.42 Å². The Labute approximate surface area is 105 Å². The minimum Gasteiger partial charge on any atom is -0.507 e. The van der Waals surface area contributed by atoms with Crippen LogP contribution in [0.3, 0.4) is 0 Å². The van der Waals surface area contributed by atoms with Gasteiger partial charge >= 0.3 is 5.97 Å². The summed E-state index contributed by atoms with van der Waals surface area (Å²) in [6.45, 7) is 0.887. The molecular formula is C13H17NO4. The van der Waals surface area contributed by atoms with Gasteiger partial charge < -0.3 is 20.3 Å². The summed E-state index contributed by atoms with van der Waals surface area (Å²) < 4.78 is 4.60. The summed E-state index contributed by atoms with van der Waals surface area (Å²) in [4.78, 5) is 11.5. The Balaban J connectivity index is 2.37. The molecule has 0 radical (unpaired) electrons. The molecule has 1 aliphatic rings. The highest BCUT2D eigenvalue weighted by atomic mass is 16.5. The molecule has 0 amide bonds. The number of phenolic OH excluding ortho intramolecular Hbond substituents is 2. The highest BCUT2D eigenvalue weighted by Crippen LogP contribution is 2.34. The minimum atomic E-state index is -0.607. The normalized spacial score (nSPS) is 19.5. The first-order valence-corrected chi connectivity index (χ1v) is 6.01. The van der Waals surface area contributed by atoms with E-state index in [1.807, 2.05) is 0 Å². The Morgan fingerprint density at radius 1 is 1.33 bits per heavy atom. The van der Waals surface area contributed by atoms with Gasteiger partial charge in [0.25, 0.3) is 0 Å². The molecule has 98 valence electrons. The van der Waals surface area contributed by atoms with Gasteiger partial charge in [0.1, 0.15) is 17.1 Å². The van der Waals surface area contributed by atoms with Gasteiger partial charge in [-0.05, 0) is 25.5 Å². The third kappa shape index (κ3) is 2.41. The summed E-state index contributed by atoms with van der Waals surface area (Å²) in [5, 5.41) is 22.8. The lowest BCUT2D eigenvalue weighted by Crippen LogP contribution is -2.27. The molecule has 1 aromatic rings. The third-order valence-electron chi connectivity index (χ3n) is 3.24. The number of carbonyl (C=O) groups is 1. The highest BCUT2D eigenvalue weighted by molar-refractivity contribution is 5.93. The Bertz CT molecular complexity index is 453. The Morgan fingerprint density at radius 2 is 2.11 bits per heavy atom. The molecule has 5 heteroatoms. The van der Waals surface area contributed by atoms with E-state index < -0.39 is 5.97 Å². The van der Waals surface area contributed by atoms with Crippen molar-refractivity contribution in [2.24, 2.45) is 0 Å². The van der Waals surface area contributed by atoms with Crippen molar-refractivity contribution < 1.29 is 19.7 Å². The lowest BCUT2D eigenvalue weighted by Gasteiger charge is -2.25. The molecule has 1 aliphatic heterocycles. The van der Waals surface area contributed by atoms with Gasteiger partial charge in [0.2, 0.25) is 0 Å². The van der Waals surface area contributed by atoms with Crippen LogP contribution in [0.25, 0.3) is 0 Å². The fourth-order valence-electron chi connectivity index (χ4n) is 2.26. The topological polar surface area (TPSA) is 78.8 Å². The van der Waals surface area contributed by atoms with Crippen LogP contribution in [-0.2, 0) is 4.74 Å². The number of benzene rings is 1.